The van der Waals surface area contributed by atoms with Crippen molar-refractivity contribution < 1.29 is 0 Å². The molecule has 2 rings (SSSR count). The van der Waals surface area contributed by atoms with Crippen molar-refractivity contribution in [3.63, 3.8) is 0 Å². The molecule has 0 spiro atoms. The molecule has 21 heavy (non-hydrogen) atoms. The minimum Gasteiger partial charge on any atom is -0.377 e. The normalized spacial score (nSPS) is 13.0. The molecule has 1 aromatic carbocycles. The highest BCUT2D eigenvalue weighted by atomic mass is 35.5. The Hall–Kier alpha value is -1.54. The van der Waals surface area contributed by atoms with E-state index in [1.165, 1.54) is 5.56 Å². The average molecular weight is 303 g/mol. The summed E-state index contributed by atoms with van der Waals surface area (Å²) in [6.07, 6.45) is 1.04. The van der Waals surface area contributed by atoms with Gasteiger partial charge in [0, 0.05) is 0 Å². The molecule has 3 heteroatoms. The summed E-state index contributed by atoms with van der Waals surface area (Å²) in [5.41, 5.74) is 3.50. The maximum absolute atomic E-state index is 5.94. The second-order valence-corrected chi connectivity index (χ2v) is 7.03. The van der Waals surface area contributed by atoms with E-state index in [0.29, 0.717) is 5.15 Å². The minimum atomic E-state index is 0.237. The van der Waals surface area contributed by atoms with Crippen LogP contribution in [-0.2, 0) is 0 Å². The molecule has 0 aliphatic heterocycles. The van der Waals surface area contributed by atoms with Gasteiger partial charge < -0.3 is 5.32 Å². The third kappa shape index (κ3) is 4.75. The predicted octanol–water partition coefficient (Wildman–Crippen LogP) is 5.63. The van der Waals surface area contributed by atoms with Gasteiger partial charge in [0.2, 0.25) is 0 Å². The predicted molar refractivity (Wildman–Crippen MR) is 90.9 cm³/mol. The van der Waals surface area contributed by atoms with E-state index in [4.69, 9.17) is 11.6 Å². The molecule has 0 aliphatic carbocycles. The van der Waals surface area contributed by atoms with E-state index >= 15 is 0 Å². The molecule has 1 heterocycles. The number of nitrogens with zero attached hydrogens (tertiary/aromatic N) is 1. The van der Waals surface area contributed by atoms with Crippen LogP contribution in [0.5, 0.6) is 0 Å². The van der Waals surface area contributed by atoms with Gasteiger partial charge in [-0.15, -0.1) is 0 Å². The lowest BCUT2D eigenvalue weighted by atomic mass is 9.85. The van der Waals surface area contributed by atoms with Crippen molar-refractivity contribution in [3.05, 3.63) is 58.9 Å². The molecule has 0 fully saturated rings. The Morgan fingerprint density at radius 2 is 1.76 bits per heavy atom. The first-order valence-corrected chi connectivity index (χ1v) is 7.67. The lowest BCUT2D eigenvalue weighted by Gasteiger charge is -2.28. The van der Waals surface area contributed by atoms with E-state index < -0.39 is 0 Å². The van der Waals surface area contributed by atoms with Crippen molar-refractivity contribution in [3.8, 4) is 0 Å². The Balaban J connectivity index is 2.28. The standard InChI is InChI=1S/C18H23ClN2/c1-13-15(10-11-17(19)20-13)21-16(12-18(2,3)4)14-8-6-5-7-9-14/h5-11,16,21H,12H2,1-4H3. The molecule has 1 unspecified atom stereocenters. The van der Waals surface area contributed by atoms with Crippen LogP contribution in [0.2, 0.25) is 5.15 Å². The Kier molecular flexibility index (Phi) is 4.89. The fraction of sp³-hybridized carbons (Fsp3) is 0.389. The minimum absolute atomic E-state index is 0.237. The van der Waals surface area contributed by atoms with Gasteiger partial charge in [-0.2, -0.15) is 0 Å². The summed E-state index contributed by atoms with van der Waals surface area (Å²) in [7, 11) is 0. The Labute approximate surface area is 132 Å². The van der Waals surface area contributed by atoms with Crippen molar-refractivity contribution in [2.24, 2.45) is 5.41 Å². The highest BCUT2D eigenvalue weighted by Gasteiger charge is 2.20. The maximum atomic E-state index is 5.94. The number of pyridine rings is 1. The second-order valence-electron chi connectivity index (χ2n) is 6.64. The molecule has 0 amide bonds. The molecule has 0 bridgehead atoms. The number of benzene rings is 1. The number of aromatic nitrogens is 1. The zero-order valence-electron chi connectivity index (χ0n) is 13.2. The monoisotopic (exact) mass is 302 g/mol. The molecular formula is C18H23ClN2. The highest BCUT2D eigenvalue weighted by molar-refractivity contribution is 6.29. The van der Waals surface area contributed by atoms with Gasteiger partial charge in [-0.1, -0.05) is 62.7 Å². The number of aryl methyl sites for hydroxylation is 1. The Bertz CT molecular complexity index is 588. The van der Waals surface area contributed by atoms with Crippen molar-refractivity contribution >= 4 is 17.3 Å². The van der Waals surface area contributed by atoms with Crippen molar-refractivity contribution in [1.29, 1.82) is 0 Å². The first-order valence-electron chi connectivity index (χ1n) is 7.30. The number of hydrogen-bond acceptors (Lipinski definition) is 2. The van der Waals surface area contributed by atoms with Gasteiger partial charge in [0.1, 0.15) is 5.15 Å². The fourth-order valence-electron chi connectivity index (χ4n) is 2.42. The van der Waals surface area contributed by atoms with Gasteiger partial charge in [0.25, 0.3) is 0 Å². The van der Waals surface area contributed by atoms with Gasteiger partial charge in [0.05, 0.1) is 17.4 Å². The molecule has 1 N–H and O–H groups in total. The summed E-state index contributed by atoms with van der Waals surface area (Å²) in [5, 5.41) is 4.16. The summed E-state index contributed by atoms with van der Waals surface area (Å²) < 4.78 is 0. The van der Waals surface area contributed by atoms with E-state index in [0.717, 1.165) is 17.8 Å². The van der Waals surface area contributed by atoms with Gasteiger partial charge in [0.15, 0.2) is 0 Å². The number of nitrogens with one attached hydrogen (secondary N) is 1. The lowest BCUT2D eigenvalue weighted by Crippen LogP contribution is -2.19. The van der Waals surface area contributed by atoms with Crippen LogP contribution >= 0.6 is 11.6 Å². The van der Waals surface area contributed by atoms with E-state index in [1.807, 2.05) is 25.1 Å². The van der Waals surface area contributed by atoms with Crippen LogP contribution in [0.15, 0.2) is 42.5 Å². The molecule has 2 nitrogen and oxygen atoms in total. The second kappa shape index (κ2) is 6.48. The largest absolute Gasteiger partial charge is 0.377 e. The van der Waals surface area contributed by atoms with Gasteiger partial charge in [-0.05, 0) is 36.5 Å². The van der Waals surface area contributed by atoms with Crippen LogP contribution in [0.25, 0.3) is 0 Å². The molecule has 0 saturated carbocycles. The molecule has 0 aliphatic rings. The van der Waals surface area contributed by atoms with Gasteiger partial charge >= 0.3 is 0 Å². The summed E-state index contributed by atoms with van der Waals surface area (Å²) in [6.45, 7) is 8.76. The molecule has 1 atom stereocenters. The lowest BCUT2D eigenvalue weighted by molar-refractivity contribution is 0.352. The highest BCUT2D eigenvalue weighted by Crippen LogP contribution is 2.32. The van der Waals surface area contributed by atoms with Crippen LogP contribution in [0.1, 0.15) is 44.5 Å². The third-order valence-electron chi connectivity index (χ3n) is 3.40. The zero-order valence-corrected chi connectivity index (χ0v) is 13.9. The number of hydrogen-bond donors (Lipinski definition) is 1. The first kappa shape index (κ1) is 15.8. The molecule has 0 saturated heterocycles. The van der Waals surface area contributed by atoms with Crippen molar-refractivity contribution in [2.75, 3.05) is 5.32 Å². The average Bonchev–Trinajstić information content (AvgIpc) is 2.40. The summed E-state index contributed by atoms with van der Waals surface area (Å²) in [6, 6.07) is 14.6. The first-order chi connectivity index (χ1) is 9.85. The maximum Gasteiger partial charge on any atom is 0.129 e. The SMILES string of the molecule is Cc1nc(Cl)ccc1NC(CC(C)(C)C)c1ccccc1. The van der Waals surface area contributed by atoms with Crippen LogP contribution in [0, 0.1) is 12.3 Å². The molecule has 112 valence electrons. The quantitative estimate of drug-likeness (QED) is 0.740. The van der Waals surface area contributed by atoms with Crippen LogP contribution < -0.4 is 5.32 Å². The Morgan fingerprint density at radius 3 is 2.33 bits per heavy atom. The van der Waals surface area contributed by atoms with E-state index in [2.05, 4.69) is 55.3 Å². The number of halogens is 1. The van der Waals surface area contributed by atoms with E-state index in [9.17, 15) is 0 Å². The Morgan fingerprint density at radius 1 is 1.10 bits per heavy atom. The molecule has 0 radical (unpaired) electrons. The van der Waals surface area contributed by atoms with Crippen molar-refractivity contribution in [2.45, 2.75) is 40.2 Å². The van der Waals surface area contributed by atoms with E-state index in [1.54, 1.807) is 0 Å². The molecular weight excluding hydrogens is 280 g/mol. The zero-order chi connectivity index (χ0) is 15.5. The topological polar surface area (TPSA) is 24.9 Å². The van der Waals surface area contributed by atoms with Crippen LogP contribution in [-0.4, -0.2) is 4.98 Å². The third-order valence-corrected chi connectivity index (χ3v) is 3.61. The number of anilines is 1. The van der Waals surface area contributed by atoms with Gasteiger partial charge in [-0.3, -0.25) is 0 Å². The summed E-state index contributed by atoms with van der Waals surface area (Å²) in [5.74, 6) is 0. The summed E-state index contributed by atoms with van der Waals surface area (Å²) >= 11 is 5.94. The molecule has 1 aromatic heterocycles. The van der Waals surface area contributed by atoms with Crippen LogP contribution in [0.4, 0.5) is 5.69 Å². The molecule has 2 aromatic rings. The fourth-order valence-corrected chi connectivity index (χ4v) is 2.61. The summed E-state index contributed by atoms with van der Waals surface area (Å²) in [4.78, 5) is 4.32. The van der Waals surface area contributed by atoms with Crippen LogP contribution in [0.3, 0.4) is 0 Å². The van der Waals surface area contributed by atoms with E-state index in [-0.39, 0.29) is 11.5 Å². The smallest absolute Gasteiger partial charge is 0.129 e. The van der Waals surface area contributed by atoms with Crippen molar-refractivity contribution in [1.82, 2.24) is 4.98 Å². The number of rotatable bonds is 4. The van der Waals surface area contributed by atoms with Gasteiger partial charge in [-0.25, -0.2) is 4.98 Å².